The summed E-state index contributed by atoms with van der Waals surface area (Å²) in [5.41, 5.74) is 1.84. The minimum absolute atomic E-state index is 0.234. The molecule has 28 heavy (non-hydrogen) atoms. The van der Waals surface area contributed by atoms with E-state index in [1.807, 2.05) is 24.3 Å². The molecular weight excluding hydrogens is 355 g/mol. The molecule has 0 fully saturated rings. The van der Waals surface area contributed by atoms with Crippen molar-refractivity contribution in [2.24, 2.45) is 0 Å². The van der Waals surface area contributed by atoms with Crippen molar-refractivity contribution in [1.29, 1.82) is 0 Å². The lowest BCUT2D eigenvalue weighted by atomic mass is 9.93. The van der Waals surface area contributed by atoms with E-state index in [0.717, 1.165) is 23.3 Å². The number of halogens is 1. The second kappa shape index (κ2) is 11.5. The molecule has 0 aliphatic heterocycles. The van der Waals surface area contributed by atoms with E-state index < -0.39 is 17.7 Å². The Kier molecular flexibility index (Phi) is 8.99. The highest BCUT2D eigenvalue weighted by Gasteiger charge is 2.21. The number of aliphatic carboxylic acids is 1. The fraction of sp³-hybridized carbons (Fsp3) is 0.458. The molecule has 3 nitrogen and oxygen atoms in total. The van der Waals surface area contributed by atoms with Crippen LogP contribution in [0.15, 0.2) is 42.5 Å². The lowest BCUT2D eigenvalue weighted by molar-refractivity contribution is -0.138. The zero-order chi connectivity index (χ0) is 20.4. The lowest BCUT2D eigenvalue weighted by Crippen LogP contribution is -2.12. The summed E-state index contributed by atoms with van der Waals surface area (Å²) < 4.78 is 20.2. The highest BCUT2D eigenvalue weighted by atomic mass is 19.1. The van der Waals surface area contributed by atoms with Crippen LogP contribution in [-0.2, 0) is 4.79 Å². The van der Waals surface area contributed by atoms with Gasteiger partial charge in [0.05, 0.1) is 12.5 Å². The summed E-state index contributed by atoms with van der Waals surface area (Å²) in [5, 5.41) is 9.23. The van der Waals surface area contributed by atoms with Crippen LogP contribution < -0.4 is 4.74 Å². The van der Waals surface area contributed by atoms with E-state index in [1.165, 1.54) is 38.2 Å². The number of unbranched alkanes of at least 4 members (excludes halogenated alkanes) is 5. The smallest absolute Gasteiger partial charge is 0.311 e. The number of rotatable bonds is 12. The summed E-state index contributed by atoms with van der Waals surface area (Å²) in [7, 11) is 0. The van der Waals surface area contributed by atoms with Gasteiger partial charge < -0.3 is 9.84 Å². The predicted molar refractivity (Wildman–Crippen MR) is 111 cm³/mol. The molecule has 0 aromatic heterocycles. The number of hydrogen-bond acceptors (Lipinski definition) is 2. The minimum atomic E-state index is -0.999. The van der Waals surface area contributed by atoms with Crippen LogP contribution in [0.4, 0.5) is 4.39 Å². The van der Waals surface area contributed by atoms with E-state index in [9.17, 15) is 14.3 Å². The van der Waals surface area contributed by atoms with Crippen LogP contribution in [0.5, 0.6) is 5.75 Å². The van der Waals surface area contributed by atoms with Crippen LogP contribution in [0.2, 0.25) is 0 Å². The van der Waals surface area contributed by atoms with Gasteiger partial charge >= 0.3 is 5.97 Å². The molecule has 0 aliphatic carbocycles. The van der Waals surface area contributed by atoms with Crippen molar-refractivity contribution >= 4 is 5.97 Å². The highest BCUT2D eigenvalue weighted by Crippen LogP contribution is 2.28. The minimum Gasteiger partial charge on any atom is -0.494 e. The van der Waals surface area contributed by atoms with Crippen molar-refractivity contribution in [3.8, 4) is 16.9 Å². The van der Waals surface area contributed by atoms with Gasteiger partial charge in [0, 0.05) is 5.56 Å². The van der Waals surface area contributed by atoms with Crippen LogP contribution in [0.25, 0.3) is 11.1 Å². The van der Waals surface area contributed by atoms with Crippen molar-refractivity contribution in [1.82, 2.24) is 0 Å². The second-order valence-corrected chi connectivity index (χ2v) is 7.18. The van der Waals surface area contributed by atoms with Gasteiger partial charge in [0.25, 0.3) is 0 Å². The first kappa shape index (κ1) is 21.9. The molecule has 2 aromatic rings. The normalized spacial score (nSPS) is 12.0. The number of benzene rings is 2. The van der Waals surface area contributed by atoms with Crippen LogP contribution in [-0.4, -0.2) is 17.7 Å². The largest absolute Gasteiger partial charge is 0.494 e. The Labute approximate surface area is 167 Å². The molecule has 2 rings (SSSR count). The van der Waals surface area contributed by atoms with Crippen molar-refractivity contribution in [3.05, 3.63) is 53.8 Å². The molecule has 1 unspecified atom stereocenters. The maximum Gasteiger partial charge on any atom is 0.311 e. The first-order valence-electron chi connectivity index (χ1n) is 10.3. The summed E-state index contributed by atoms with van der Waals surface area (Å²) in [5.74, 6) is -1.48. The Morgan fingerprint density at radius 3 is 2.21 bits per heavy atom. The zero-order valence-corrected chi connectivity index (χ0v) is 16.9. The Morgan fingerprint density at radius 2 is 1.61 bits per heavy atom. The molecule has 4 heteroatoms. The summed E-state index contributed by atoms with van der Waals surface area (Å²) in [6.07, 6.45) is 7.73. The van der Waals surface area contributed by atoms with Gasteiger partial charge in [-0.3, -0.25) is 4.79 Å². The van der Waals surface area contributed by atoms with Gasteiger partial charge in [-0.05, 0) is 42.2 Å². The molecule has 0 amide bonds. The van der Waals surface area contributed by atoms with Gasteiger partial charge in [0.2, 0.25) is 0 Å². The van der Waals surface area contributed by atoms with E-state index in [2.05, 4.69) is 6.92 Å². The Bertz CT molecular complexity index is 740. The molecule has 0 heterocycles. The van der Waals surface area contributed by atoms with Gasteiger partial charge in [-0.25, -0.2) is 4.39 Å². The third-order valence-corrected chi connectivity index (χ3v) is 5.04. The maximum atomic E-state index is 14.4. The number of hydrogen-bond donors (Lipinski definition) is 1. The maximum absolute atomic E-state index is 14.4. The highest BCUT2D eigenvalue weighted by molar-refractivity contribution is 5.76. The average Bonchev–Trinajstić information content (AvgIpc) is 2.69. The summed E-state index contributed by atoms with van der Waals surface area (Å²) >= 11 is 0. The first-order chi connectivity index (χ1) is 13.6. The van der Waals surface area contributed by atoms with Crippen LogP contribution in [0, 0.1) is 5.82 Å². The molecule has 0 saturated heterocycles. The Morgan fingerprint density at radius 1 is 0.964 bits per heavy atom. The SMILES string of the molecule is CCCCCCCCOc1ccc(-c2ccc(C(CC)C(=O)O)c(F)c2)cc1. The molecular formula is C24H31FO3. The third-order valence-electron chi connectivity index (χ3n) is 5.04. The van der Waals surface area contributed by atoms with Crippen molar-refractivity contribution in [2.45, 2.75) is 64.7 Å². The predicted octanol–water partition coefficient (Wildman–Crippen LogP) is 6.81. The number of ether oxygens (including phenoxy) is 1. The van der Waals surface area contributed by atoms with Crippen LogP contribution in [0.3, 0.4) is 0 Å². The summed E-state index contributed by atoms with van der Waals surface area (Å²) in [4.78, 5) is 11.3. The summed E-state index contributed by atoms with van der Waals surface area (Å²) in [6, 6.07) is 12.4. The second-order valence-electron chi connectivity index (χ2n) is 7.18. The van der Waals surface area contributed by atoms with Crippen molar-refractivity contribution < 1.29 is 19.0 Å². The molecule has 0 aliphatic rings. The van der Waals surface area contributed by atoms with Gasteiger partial charge in [-0.2, -0.15) is 0 Å². The monoisotopic (exact) mass is 386 g/mol. The number of carbonyl (C=O) groups is 1. The Balaban J connectivity index is 1.92. The van der Waals surface area contributed by atoms with Gasteiger partial charge in [-0.1, -0.05) is 70.2 Å². The fourth-order valence-electron chi connectivity index (χ4n) is 3.33. The fourth-order valence-corrected chi connectivity index (χ4v) is 3.33. The number of carboxylic acids is 1. The van der Waals surface area contributed by atoms with E-state index in [0.29, 0.717) is 13.0 Å². The third kappa shape index (κ3) is 6.36. The van der Waals surface area contributed by atoms with Gasteiger partial charge in [0.15, 0.2) is 0 Å². The molecule has 0 radical (unpaired) electrons. The first-order valence-corrected chi connectivity index (χ1v) is 10.3. The van der Waals surface area contributed by atoms with E-state index in [4.69, 9.17) is 4.74 Å². The van der Waals surface area contributed by atoms with Gasteiger partial charge in [-0.15, -0.1) is 0 Å². The Hall–Kier alpha value is -2.36. The molecule has 2 aromatic carbocycles. The molecule has 152 valence electrons. The topological polar surface area (TPSA) is 46.5 Å². The van der Waals surface area contributed by atoms with Gasteiger partial charge in [0.1, 0.15) is 11.6 Å². The molecule has 0 bridgehead atoms. The standard InChI is InChI=1S/C24H31FO3/c1-3-5-6-7-8-9-16-28-20-13-10-18(11-14-20)19-12-15-22(23(25)17-19)21(4-2)24(26)27/h10-15,17,21H,3-9,16H2,1-2H3,(H,26,27). The van der Waals surface area contributed by atoms with Crippen LogP contribution in [0.1, 0.15) is 70.3 Å². The lowest BCUT2D eigenvalue weighted by Gasteiger charge is -2.13. The average molecular weight is 387 g/mol. The molecule has 1 N–H and O–H groups in total. The van der Waals surface area contributed by atoms with E-state index >= 15 is 0 Å². The molecule has 1 atom stereocenters. The van der Waals surface area contributed by atoms with Crippen molar-refractivity contribution in [3.63, 3.8) is 0 Å². The summed E-state index contributed by atoms with van der Waals surface area (Å²) in [6.45, 7) is 4.67. The number of carboxylic acid groups (broad SMARTS) is 1. The molecule has 0 spiro atoms. The zero-order valence-electron chi connectivity index (χ0n) is 16.9. The van der Waals surface area contributed by atoms with Crippen LogP contribution >= 0.6 is 0 Å². The van der Waals surface area contributed by atoms with E-state index in [1.54, 1.807) is 19.1 Å². The molecule has 0 saturated carbocycles. The quantitative estimate of drug-likeness (QED) is 0.408. The van der Waals surface area contributed by atoms with E-state index in [-0.39, 0.29) is 5.56 Å². The van der Waals surface area contributed by atoms with Crippen molar-refractivity contribution in [2.75, 3.05) is 6.61 Å².